The number of nitrogens with one attached hydrogen (secondary N) is 1. The molecule has 104 valence electrons. The van der Waals surface area contributed by atoms with E-state index in [-0.39, 0.29) is 23.1 Å². The van der Waals surface area contributed by atoms with Crippen LogP contribution in [0.2, 0.25) is 0 Å². The maximum absolute atomic E-state index is 11.0. The number of nitrogen functional groups attached to an aromatic ring is 1. The zero-order valence-electron chi connectivity index (χ0n) is 10.8. The molecule has 19 heavy (non-hydrogen) atoms. The molecule has 0 radical (unpaired) electrons. The third-order valence-electron chi connectivity index (χ3n) is 3.03. The van der Waals surface area contributed by atoms with Gasteiger partial charge < -0.3 is 11.1 Å². The fraction of sp³-hybridized carbons (Fsp3) is 0.636. The molecular weight excluding hydrogens is 266 g/mol. The zero-order valence-corrected chi connectivity index (χ0v) is 11.6. The van der Waals surface area contributed by atoms with E-state index in [4.69, 9.17) is 5.73 Å². The molecule has 1 atom stereocenters. The largest absolute Gasteiger partial charge is 0.368 e. The molecule has 0 aromatic carbocycles. The molecule has 0 spiro atoms. The molecule has 1 fully saturated rings. The number of nitro groups is 1. The lowest BCUT2D eigenvalue weighted by atomic mass is 10.2. The minimum Gasteiger partial charge on any atom is -0.368 e. The van der Waals surface area contributed by atoms with Gasteiger partial charge in [0.1, 0.15) is 5.69 Å². The Morgan fingerprint density at radius 2 is 2.32 bits per heavy atom. The summed E-state index contributed by atoms with van der Waals surface area (Å²) in [5, 5.41) is 14.6. The molecule has 1 aromatic heterocycles. The SMILES string of the molecule is Cc1nc(N)nc(NCC2CCCCS2)c1[N+](=O)[O-]. The average Bonchev–Trinajstić information content (AvgIpc) is 2.36. The molecule has 7 nitrogen and oxygen atoms in total. The summed E-state index contributed by atoms with van der Waals surface area (Å²) in [5.74, 6) is 1.43. The van der Waals surface area contributed by atoms with E-state index in [1.54, 1.807) is 6.92 Å². The van der Waals surface area contributed by atoms with Crippen molar-refractivity contribution < 1.29 is 4.92 Å². The van der Waals surface area contributed by atoms with E-state index in [1.807, 2.05) is 11.8 Å². The Hall–Kier alpha value is -1.57. The van der Waals surface area contributed by atoms with Crippen LogP contribution in [-0.2, 0) is 0 Å². The number of anilines is 2. The first kappa shape index (κ1) is 13.9. The number of hydrogen-bond acceptors (Lipinski definition) is 7. The van der Waals surface area contributed by atoms with Crippen molar-refractivity contribution in [2.24, 2.45) is 0 Å². The molecule has 3 N–H and O–H groups in total. The molecular formula is C11H17N5O2S. The van der Waals surface area contributed by atoms with Crippen LogP contribution in [0.5, 0.6) is 0 Å². The predicted octanol–water partition coefficient (Wildman–Crippen LogP) is 1.97. The summed E-state index contributed by atoms with van der Waals surface area (Å²) in [7, 11) is 0. The predicted molar refractivity (Wildman–Crippen MR) is 76.4 cm³/mol. The van der Waals surface area contributed by atoms with Gasteiger partial charge in [-0.15, -0.1) is 0 Å². The Morgan fingerprint density at radius 3 is 2.95 bits per heavy atom. The summed E-state index contributed by atoms with van der Waals surface area (Å²) in [4.78, 5) is 18.4. The van der Waals surface area contributed by atoms with Crippen molar-refractivity contribution in [2.75, 3.05) is 23.3 Å². The third kappa shape index (κ3) is 3.46. The van der Waals surface area contributed by atoms with Crippen LogP contribution in [0, 0.1) is 17.0 Å². The van der Waals surface area contributed by atoms with Gasteiger partial charge in [0.25, 0.3) is 0 Å². The summed E-state index contributed by atoms with van der Waals surface area (Å²) < 4.78 is 0. The molecule has 2 heterocycles. The fourth-order valence-corrected chi connectivity index (χ4v) is 3.35. The van der Waals surface area contributed by atoms with Crippen molar-refractivity contribution in [3.8, 4) is 0 Å². The molecule has 0 aliphatic carbocycles. The molecule has 8 heteroatoms. The molecule has 1 aromatic rings. The Balaban J connectivity index is 2.12. The topological polar surface area (TPSA) is 107 Å². The van der Waals surface area contributed by atoms with Gasteiger partial charge in [0.05, 0.1) is 4.92 Å². The van der Waals surface area contributed by atoms with Crippen molar-refractivity contribution in [3.63, 3.8) is 0 Å². The van der Waals surface area contributed by atoms with Gasteiger partial charge >= 0.3 is 5.69 Å². The Bertz CT molecular complexity index is 476. The standard InChI is InChI=1S/C11H17N5O2S/c1-7-9(16(17)18)10(15-11(12)14-7)13-6-8-4-2-3-5-19-8/h8H,2-6H2,1H3,(H3,12,13,14,15). The molecule has 0 bridgehead atoms. The van der Waals surface area contributed by atoms with Gasteiger partial charge in [0.2, 0.25) is 11.8 Å². The van der Waals surface area contributed by atoms with Gasteiger partial charge in [-0.05, 0) is 25.5 Å². The highest BCUT2D eigenvalue weighted by atomic mass is 32.2. The summed E-state index contributed by atoms with van der Waals surface area (Å²) in [6, 6.07) is 0. The second-order valence-electron chi connectivity index (χ2n) is 4.49. The minimum absolute atomic E-state index is 0.0573. The first-order valence-corrected chi connectivity index (χ1v) is 7.27. The second kappa shape index (κ2) is 6.05. The van der Waals surface area contributed by atoms with Crippen molar-refractivity contribution >= 4 is 29.2 Å². The number of nitrogens with two attached hydrogens (primary N) is 1. The van der Waals surface area contributed by atoms with Crippen LogP contribution in [0.4, 0.5) is 17.5 Å². The lowest BCUT2D eigenvalue weighted by Gasteiger charge is -2.21. The highest BCUT2D eigenvalue weighted by Gasteiger charge is 2.22. The Morgan fingerprint density at radius 1 is 1.53 bits per heavy atom. The van der Waals surface area contributed by atoms with Gasteiger partial charge in [-0.3, -0.25) is 10.1 Å². The molecule has 0 saturated carbocycles. The maximum atomic E-state index is 11.0. The number of nitrogens with zero attached hydrogens (tertiary/aromatic N) is 3. The van der Waals surface area contributed by atoms with Crippen LogP contribution in [0.25, 0.3) is 0 Å². The number of rotatable bonds is 4. The second-order valence-corrected chi connectivity index (χ2v) is 5.90. The molecule has 1 saturated heterocycles. The highest BCUT2D eigenvalue weighted by Crippen LogP contribution is 2.28. The third-order valence-corrected chi connectivity index (χ3v) is 4.43. The smallest absolute Gasteiger partial charge is 0.332 e. The number of aromatic nitrogens is 2. The summed E-state index contributed by atoms with van der Waals surface area (Å²) >= 11 is 1.90. The van der Waals surface area contributed by atoms with Crippen molar-refractivity contribution in [1.82, 2.24) is 9.97 Å². The lowest BCUT2D eigenvalue weighted by molar-refractivity contribution is -0.385. The Labute approximate surface area is 115 Å². The fourth-order valence-electron chi connectivity index (χ4n) is 2.11. The van der Waals surface area contributed by atoms with Crippen LogP contribution >= 0.6 is 11.8 Å². The van der Waals surface area contributed by atoms with Gasteiger partial charge in [-0.25, -0.2) is 4.98 Å². The van der Waals surface area contributed by atoms with Gasteiger partial charge in [0, 0.05) is 11.8 Å². The van der Waals surface area contributed by atoms with E-state index in [0.717, 1.165) is 12.2 Å². The van der Waals surface area contributed by atoms with E-state index in [9.17, 15) is 10.1 Å². The molecule has 0 amide bonds. The summed E-state index contributed by atoms with van der Waals surface area (Å²) in [6.07, 6.45) is 3.60. The minimum atomic E-state index is -0.467. The van der Waals surface area contributed by atoms with E-state index in [1.165, 1.54) is 12.8 Å². The first-order valence-electron chi connectivity index (χ1n) is 6.22. The Kier molecular flexibility index (Phi) is 4.41. The van der Waals surface area contributed by atoms with Crippen molar-refractivity contribution in [1.29, 1.82) is 0 Å². The summed E-state index contributed by atoms with van der Waals surface area (Å²) in [6.45, 7) is 2.23. The van der Waals surface area contributed by atoms with E-state index < -0.39 is 4.92 Å². The van der Waals surface area contributed by atoms with Gasteiger partial charge in [-0.1, -0.05) is 6.42 Å². The number of aryl methyl sites for hydroxylation is 1. The van der Waals surface area contributed by atoms with Crippen molar-refractivity contribution in [2.45, 2.75) is 31.4 Å². The monoisotopic (exact) mass is 283 g/mol. The van der Waals surface area contributed by atoms with Crippen molar-refractivity contribution in [3.05, 3.63) is 15.8 Å². The van der Waals surface area contributed by atoms with Crippen LogP contribution in [0.1, 0.15) is 25.0 Å². The van der Waals surface area contributed by atoms with Gasteiger partial charge in [-0.2, -0.15) is 16.7 Å². The molecule has 1 aliphatic heterocycles. The number of thioether (sulfide) groups is 1. The zero-order chi connectivity index (χ0) is 13.8. The highest BCUT2D eigenvalue weighted by molar-refractivity contribution is 7.99. The quantitative estimate of drug-likeness (QED) is 0.642. The van der Waals surface area contributed by atoms with E-state index >= 15 is 0 Å². The molecule has 1 aliphatic rings. The van der Waals surface area contributed by atoms with E-state index in [0.29, 0.717) is 11.8 Å². The summed E-state index contributed by atoms with van der Waals surface area (Å²) in [5.41, 5.74) is 5.75. The molecule has 2 rings (SSSR count). The average molecular weight is 283 g/mol. The maximum Gasteiger partial charge on any atom is 0.332 e. The first-order chi connectivity index (χ1) is 9.08. The van der Waals surface area contributed by atoms with E-state index in [2.05, 4.69) is 15.3 Å². The van der Waals surface area contributed by atoms with Gasteiger partial charge in [0.15, 0.2) is 0 Å². The van der Waals surface area contributed by atoms with Crippen LogP contribution in [-0.4, -0.2) is 32.4 Å². The van der Waals surface area contributed by atoms with Crippen LogP contribution < -0.4 is 11.1 Å². The lowest BCUT2D eigenvalue weighted by Crippen LogP contribution is -2.21. The number of hydrogen-bond donors (Lipinski definition) is 2. The van der Waals surface area contributed by atoms with Crippen LogP contribution in [0.15, 0.2) is 0 Å². The normalized spacial score (nSPS) is 19.1. The molecule has 1 unspecified atom stereocenters. The van der Waals surface area contributed by atoms with Crippen LogP contribution in [0.3, 0.4) is 0 Å².